The van der Waals surface area contributed by atoms with Gasteiger partial charge in [-0.1, -0.05) is 31.2 Å². The standard InChI is InChI=1S/C22H24N2O4S/c1-3-15-8-10-17(11-9-15)24-13-16(12-21(24)26)22(27)28-14-20(25)23-18-6-4-5-7-19(18)29-2/h4-11,16H,3,12-14H2,1-2H3,(H,23,25). The first-order chi connectivity index (χ1) is 14.0. The zero-order chi connectivity index (χ0) is 20.8. The highest BCUT2D eigenvalue weighted by atomic mass is 32.2. The maximum absolute atomic E-state index is 12.4. The number of nitrogens with zero attached hydrogens (tertiary/aromatic N) is 1. The maximum Gasteiger partial charge on any atom is 0.311 e. The van der Waals surface area contributed by atoms with Crippen LogP contribution in [0.25, 0.3) is 0 Å². The van der Waals surface area contributed by atoms with E-state index < -0.39 is 17.8 Å². The molecule has 3 rings (SSSR count). The summed E-state index contributed by atoms with van der Waals surface area (Å²) in [6, 6.07) is 15.1. The minimum atomic E-state index is -0.570. The first kappa shape index (κ1) is 20.9. The van der Waals surface area contributed by atoms with Crippen molar-refractivity contribution in [2.75, 3.05) is 29.6 Å². The number of carbonyl (C=O) groups excluding carboxylic acids is 3. The number of ether oxygens (including phenoxy) is 1. The van der Waals surface area contributed by atoms with E-state index in [-0.39, 0.29) is 25.5 Å². The SMILES string of the molecule is CCc1ccc(N2CC(C(=O)OCC(=O)Nc3ccccc3SC)CC2=O)cc1. The van der Waals surface area contributed by atoms with Crippen molar-refractivity contribution < 1.29 is 19.1 Å². The topological polar surface area (TPSA) is 75.7 Å². The van der Waals surface area contributed by atoms with Crippen molar-refractivity contribution in [3.05, 3.63) is 54.1 Å². The van der Waals surface area contributed by atoms with E-state index in [1.165, 1.54) is 17.3 Å². The van der Waals surface area contributed by atoms with Crippen LogP contribution in [-0.4, -0.2) is 37.2 Å². The summed E-state index contributed by atoms with van der Waals surface area (Å²) in [5.41, 5.74) is 2.64. The van der Waals surface area contributed by atoms with Crippen molar-refractivity contribution >= 4 is 40.9 Å². The molecule has 0 aromatic heterocycles. The van der Waals surface area contributed by atoms with Gasteiger partial charge in [0.25, 0.3) is 5.91 Å². The molecule has 1 heterocycles. The van der Waals surface area contributed by atoms with Crippen LogP contribution >= 0.6 is 11.8 Å². The van der Waals surface area contributed by atoms with Crippen molar-refractivity contribution in [1.29, 1.82) is 0 Å². The van der Waals surface area contributed by atoms with Crippen molar-refractivity contribution in [2.24, 2.45) is 5.92 Å². The Hall–Kier alpha value is -2.80. The third-order valence-electron chi connectivity index (χ3n) is 4.84. The number of aryl methyl sites for hydroxylation is 1. The minimum Gasteiger partial charge on any atom is -0.455 e. The molecule has 1 saturated heterocycles. The molecule has 29 heavy (non-hydrogen) atoms. The average molecular weight is 413 g/mol. The molecular weight excluding hydrogens is 388 g/mol. The Morgan fingerprint density at radius 1 is 1.17 bits per heavy atom. The molecular formula is C22H24N2O4S. The summed E-state index contributed by atoms with van der Waals surface area (Å²) in [5, 5.41) is 2.75. The Kier molecular flexibility index (Phi) is 6.93. The van der Waals surface area contributed by atoms with Crippen LogP contribution < -0.4 is 10.2 Å². The lowest BCUT2D eigenvalue weighted by atomic mass is 10.1. The number of para-hydroxylation sites is 1. The van der Waals surface area contributed by atoms with Gasteiger partial charge in [-0.05, 0) is 42.5 Å². The molecule has 6 nitrogen and oxygen atoms in total. The van der Waals surface area contributed by atoms with E-state index in [0.29, 0.717) is 5.69 Å². The Morgan fingerprint density at radius 3 is 2.59 bits per heavy atom. The van der Waals surface area contributed by atoms with E-state index in [1.807, 2.05) is 48.7 Å². The second-order valence-corrected chi connectivity index (χ2v) is 7.63. The summed E-state index contributed by atoms with van der Waals surface area (Å²) < 4.78 is 5.17. The molecule has 2 aromatic carbocycles. The fourth-order valence-corrected chi connectivity index (χ4v) is 3.77. The molecule has 1 unspecified atom stereocenters. The van der Waals surface area contributed by atoms with Crippen molar-refractivity contribution in [3.8, 4) is 0 Å². The number of rotatable bonds is 7. The van der Waals surface area contributed by atoms with Crippen LogP contribution in [0.5, 0.6) is 0 Å². The Bertz CT molecular complexity index is 898. The smallest absolute Gasteiger partial charge is 0.311 e. The van der Waals surface area contributed by atoms with Gasteiger partial charge in [-0.3, -0.25) is 14.4 Å². The van der Waals surface area contributed by atoms with Gasteiger partial charge in [0, 0.05) is 23.5 Å². The van der Waals surface area contributed by atoms with Crippen LogP contribution in [0.15, 0.2) is 53.4 Å². The van der Waals surface area contributed by atoms with E-state index >= 15 is 0 Å². The zero-order valence-corrected chi connectivity index (χ0v) is 17.3. The van der Waals surface area contributed by atoms with Gasteiger partial charge in [0.2, 0.25) is 5.91 Å². The molecule has 1 aliphatic heterocycles. The number of hydrogen-bond donors (Lipinski definition) is 1. The fourth-order valence-electron chi connectivity index (χ4n) is 3.22. The first-order valence-electron chi connectivity index (χ1n) is 9.50. The summed E-state index contributed by atoms with van der Waals surface area (Å²) >= 11 is 1.52. The average Bonchev–Trinajstić information content (AvgIpc) is 3.14. The van der Waals surface area contributed by atoms with E-state index in [4.69, 9.17) is 4.74 Å². The van der Waals surface area contributed by atoms with Crippen molar-refractivity contribution in [2.45, 2.75) is 24.7 Å². The molecule has 2 amide bonds. The predicted molar refractivity (Wildman–Crippen MR) is 114 cm³/mol. The number of hydrogen-bond acceptors (Lipinski definition) is 5. The normalized spacial score (nSPS) is 16.0. The third-order valence-corrected chi connectivity index (χ3v) is 5.64. The molecule has 7 heteroatoms. The van der Waals surface area contributed by atoms with Crippen molar-refractivity contribution in [1.82, 2.24) is 0 Å². The second kappa shape index (κ2) is 9.60. The van der Waals surface area contributed by atoms with Crippen LogP contribution in [0.2, 0.25) is 0 Å². The molecule has 0 radical (unpaired) electrons. The highest BCUT2D eigenvalue weighted by Crippen LogP contribution is 2.27. The van der Waals surface area contributed by atoms with Crippen LogP contribution in [0.1, 0.15) is 18.9 Å². The molecule has 152 valence electrons. The maximum atomic E-state index is 12.4. The van der Waals surface area contributed by atoms with E-state index in [2.05, 4.69) is 12.2 Å². The number of nitrogens with one attached hydrogen (secondary N) is 1. The quantitative estimate of drug-likeness (QED) is 0.556. The monoisotopic (exact) mass is 412 g/mol. The minimum absolute atomic E-state index is 0.0886. The summed E-state index contributed by atoms with van der Waals surface area (Å²) in [6.45, 7) is 1.95. The number of benzene rings is 2. The van der Waals surface area contributed by atoms with Crippen LogP contribution in [0.3, 0.4) is 0 Å². The molecule has 1 aliphatic rings. The number of anilines is 2. The van der Waals surface area contributed by atoms with E-state index in [0.717, 1.165) is 17.0 Å². The lowest BCUT2D eigenvalue weighted by Crippen LogP contribution is -2.28. The van der Waals surface area contributed by atoms with Crippen LogP contribution in [-0.2, 0) is 25.5 Å². The van der Waals surface area contributed by atoms with Gasteiger partial charge in [0.15, 0.2) is 6.61 Å². The summed E-state index contributed by atoms with van der Waals surface area (Å²) in [5.74, 6) is -1.62. The molecule has 0 bridgehead atoms. The van der Waals surface area contributed by atoms with Crippen LogP contribution in [0.4, 0.5) is 11.4 Å². The molecule has 1 fully saturated rings. The molecule has 2 aromatic rings. The van der Waals surface area contributed by atoms with Gasteiger partial charge in [-0.15, -0.1) is 11.8 Å². The third kappa shape index (κ3) is 5.17. The number of amides is 2. The van der Waals surface area contributed by atoms with E-state index in [9.17, 15) is 14.4 Å². The summed E-state index contributed by atoms with van der Waals surface area (Å²) in [6.07, 6.45) is 2.93. The van der Waals surface area contributed by atoms with Gasteiger partial charge in [-0.25, -0.2) is 0 Å². The van der Waals surface area contributed by atoms with Gasteiger partial charge < -0.3 is 15.0 Å². The molecule has 0 spiro atoms. The lowest BCUT2D eigenvalue weighted by Gasteiger charge is -2.17. The first-order valence-corrected chi connectivity index (χ1v) is 10.7. The van der Waals surface area contributed by atoms with E-state index in [1.54, 1.807) is 11.0 Å². The molecule has 1 N–H and O–H groups in total. The lowest BCUT2D eigenvalue weighted by molar-refractivity contribution is -0.151. The highest BCUT2D eigenvalue weighted by molar-refractivity contribution is 7.98. The van der Waals surface area contributed by atoms with Crippen LogP contribution in [0, 0.1) is 5.92 Å². The number of esters is 1. The fraction of sp³-hybridized carbons (Fsp3) is 0.318. The molecule has 1 atom stereocenters. The molecule has 0 aliphatic carbocycles. The number of thioether (sulfide) groups is 1. The van der Waals surface area contributed by atoms with Gasteiger partial charge in [0.05, 0.1) is 11.6 Å². The zero-order valence-electron chi connectivity index (χ0n) is 16.5. The van der Waals surface area contributed by atoms with Gasteiger partial charge >= 0.3 is 5.97 Å². The van der Waals surface area contributed by atoms with Crippen molar-refractivity contribution in [3.63, 3.8) is 0 Å². The Morgan fingerprint density at radius 2 is 1.90 bits per heavy atom. The van der Waals surface area contributed by atoms with Gasteiger partial charge in [0.1, 0.15) is 0 Å². The predicted octanol–water partition coefficient (Wildman–Crippen LogP) is 3.51. The largest absolute Gasteiger partial charge is 0.455 e. The highest BCUT2D eigenvalue weighted by Gasteiger charge is 2.36. The van der Waals surface area contributed by atoms with Gasteiger partial charge in [-0.2, -0.15) is 0 Å². The Labute approximate surface area is 174 Å². The number of carbonyl (C=O) groups is 3. The second-order valence-electron chi connectivity index (χ2n) is 6.78. The Balaban J connectivity index is 1.53. The molecule has 0 saturated carbocycles. The summed E-state index contributed by atoms with van der Waals surface area (Å²) in [4.78, 5) is 39.4. The summed E-state index contributed by atoms with van der Waals surface area (Å²) in [7, 11) is 0.